The highest BCUT2D eigenvalue weighted by molar-refractivity contribution is 7.85. The molecule has 0 aromatic heterocycles. The lowest BCUT2D eigenvalue weighted by molar-refractivity contribution is 0.129. The molecular weight excluding hydrogens is 306 g/mol. The number of amides is 1. The van der Waals surface area contributed by atoms with Gasteiger partial charge in [0.15, 0.2) is 0 Å². The van der Waals surface area contributed by atoms with E-state index in [0.717, 1.165) is 11.8 Å². The van der Waals surface area contributed by atoms with Gasteiger partial charge in [-0.3, -0.25) is 4.18 Å². The molecule has 0 saturated heterocycles. The van der Waals surface area contributed by atoms with Crippen molar-refractivity contribution >= 4 is 16.2 Å². The van der Waals surface area contributed by atoms with Gasteiger partial charge in [0.25, 0.3) is 10.1 Å². The lowest BCUT2D eigenvalue weighted by Crippen LogP contribution is -2.40. The van der Waals surface area contributed by atoms with E-state index < -0.39 is 22.3 Å². The number of benzene rings is 1. The van der Waals surface area contributed by atoms with E-state index in [-0.39, 0.29) is 19.1 Å². The molecule has 1 amide bonds. The summed E-state index contributed by atoms with van der Waals surface area (Å²) in [5, 5.41) is 2.64. The van der Waals surface area contributed by atoms with Crippen molar-refractivity contribution in [2.75, 3.05) is 12.9 Å². The molecule has 22 heavy (non-hydrogen) atoms. The van der Waals surface area contributed by atoms with Gasteiger partial charge in [0.1, 0.15) is 6.61 Å². The molecule has 0 heterocycles. The van der Waals surface area contributed by atoms with Crippen molar-refractivity contribution < 1.29 is 22.1 Å². The molecule has 7 heteroatoms. The van der Waals surface area contributed by atoms with Gasteiger partial charge in [-0.05, 0) is 17.9 Å². The molecule has 1 rings (SSSR count). The maximum Gasteiger partial charge on any atom is 0.407 e. The first-order chi connectivity index (χ1) is 10.3. The molecule has 1 aromatic rings. The predicted molar refractivity (Wildman–Crippen MR) is 83.8 cm³/mol. The summed E-state index contributed by atoms with van der Waals surface area (Å²) in [5.41, 5.74) is 0.880. The van der Waals surface area contributed by atoms with E-state index in [1.165, 1.54) is 0 Å². The minimum absolute atomic E-state index is 0.0998. The average Bonchev–Trinajstić information content (AvgIpc) is 2.42. The normalized spacial score (nSPS) is 12.9. The molecule has 0 radical (unpaired) electrons. The Balaban J connectivity index is 2.47. The molecule has 0 aliphatic carbocycles. The Morgan fingerprint density at radius 2 is 1.86 bits per heavy atom. The highest BCUT2D eigenvalue weighted by Gasteiger charge is 2.17. The second-order valence-electron chi connectivity index (χ2n) is 5.52. The molecule has 0 saturated carbocycles. The third kappa shape index (κ3) is 8.63. The van der Waals surface area contributed by atoms with Crippen molar-refractivity contribution in [2.24, 2.45) is 5.92 Å². The fourth-order valence-electron chi connectivity index (χ4n) is 1.87. The van der Waals surface area contributed by atoms with Crippen molar-refractivity contribution in [2.45, 2.75) is 32.9 Å². The van der Waals surface area contributed by atoms with Gasteiger partial charge in [0, 0.05) is 0 Å². The quantitative estimate of drug-likeness (QED) is 0.740. The molecule has 124 valence electrons. The van der Waals surface area contributed by atoms with Gasteiger partial charge < -0.3 is 10.1 Å². The third-order valence-electron chi connectivity index (χ3n) is 2.77. The first-order valence-corrected chi connectivity index (χ1v) is 8.89. The molecule has 0 bridgehead atoms. The first kappa shape index (κ1) is 18.4. The maximum atomic E-state index is 11.8. The molecule has 1 N–H and O–H groups in total. The van der Waals surface area contributed by atoms with E-state index in [4.69, 9.17) is 8.92 Å². The lowest BCUT2D eigenvalue weighted by Gasteiger charge is -2.19. The number of carbonyl (C=O) groups excluding carboxylic acids is 1. The first-order valence-electron chi connectivity index (χ1n) is 7.08. The van der Waals surface area contributed by atoms with Crippen molar-refractivity contribution in [1.82, 2.24) is 5.32 Å². The fourth-order valence-corrected chi connectivity index (χ4v) is 2.29. The van der Waals surface area contributed by atoms with E-state index in [0.29, 0.717) is 6.42 Å². The van der Waals surface area contributed by atoms with Gasteiger partial charge in [0.2, 0.25) is 0 Å². The average molecular weight is 329 g/mol. The number of alkyl carbamates (subject to hydrolysis) is 1. The second-order valence-corrected chi connectivity index (χ2v) is 7.17. The van der Waals surface area contributed by atoms with Crippen molar-refractivity contribution in [3.63, 3.8) is 0 Å². The Hall–Kier alpha value is -1.60. The summed E-state index contributed by atoms with van der Waals surface area (Å²) in [4.78, 5) is 11.8. The Morgan fingerprint density at radius 1 is 1.23 bits per heavy atom. The van der Waals surface area contributed by atoms with Crippen molar-refractivity contribution in [1.29, 1.82) is 0 Å². The maximum absolute atomic E-state index is 11.8. The number of carbonyl (C=O) groups is 1. The van der Waals surface area contributed by atoms with Crippen LogP contribution in [0.25, 0.3) is 0 Å². The van der Waals surface area contributed by atoms with E-state index in [1.807, 2.05) is 44.2 Å². The van der Waals surface area contributed by atoms with E-state index in [2.05, 4.69) is 5.32 Å². The van der Waals surface area contributed by atoms with Crippen LogP contribution >= 0.6 is 0 Å². The number of ether oxygens (including phenoxy) is 1. The largest absolute Gasteiger partial charge is 0.445 e. The predicted octanol–water partition coefficient (Wildman–Crippen LogP) is 2.30. The zero-order valence-corrected chi connectivity index (χ0v) is 13.9. The van der Waals surface area contributed by atoms with E-state index >= 15 is 0 Å². The molecule has 1 aromatic carbocycles. The zero-order valence-electron chi connectivity index (χ0n) is 13.1. The SMILES string of the molecule is CC(C)C[C@@H](COS(C)(=O)=O)NC(=O)OCc1ccccc1. The molecule has 0 fully saturated rings. The van der Waals surface area contributed by atoms with Crippen LogP contribution in [0.5, 0.6) is 0 Å². The highest BCUT2D eigenvalue weighted by atomic mass is 32.2. The van der Waals surface area contributed by atoms with Gasteiger partial charge in [-0.1, -0.05) is 44.2 Å². The molecule has 0 spiro atoms. The summed E-state index contributed by atoms with van der Waals surface area (Å²) in [5.74, 6) is 0.280. The number of hydrogen-bond acceptors (Lipinski definition) is 5. The topological polar surface area (TPSA) is 81.7 Å². The standard InChI is InChI=1S/C15H23NO5S/c1-12(2)9-14(11-21-22(3,18)19)16-15(17)20-10-13-7-5-4-6-8-13/h4-8,12,14H,9-11H2,1-3H3,(H,16,17)/t14-/m0/s1. The number of rotatable bonds is 8. The summed E-state index contributed by atoms with van der Waals surface area (Å²) in [7, 11) is -3.54. The van der Waals surface area contributed by atoms with Crippen LogP contribution in [0.3, 0.4) is 0 Å². The number of hydrogen-bond donors (Lipinski definition) is 1. The van der Waals surface area contributed by atoms with Gasteiger partial charge in [0.05, 0.1) is 18.9 Å². The summed E-state index contributed by atoms with van der Waals surface area (Å²) in [6.07, 6.45) is 0.981. The smallest absolute Gasteiger partial charge is 0.407 e. The summed E-state index contributed by atoms with van der Waals surface area (Å²) in [6.45, 7) is 4.01. The van der Waals surface area contributed by atoms with E-state index in [9.17, 15) is 13.2 Å². The molecule has 6 nitrogen and oxygen atoms in total. The van der Waals surface area contributed by atoms with E-state index in [1.54, 1.807) is 0 Å². The molecular formula is C15H23NO5S. The van der Waals surface area contributed by atoms with Gasteiger partial charge in [-0.25, -0.2) is 4.79 Å². The minimum atomic E-state index is -3.54. The van der Waals surface area contributed by atoms with Gasteiger partial charge in [-0.2, -0.15) is 8.42 Å². The Bertz CT molecular complexity index is 557. The van der Waals surface area contributed by atoms with Crippen LogP contribution in [0.4, 0.5) is 4.79 Å². The van der Waals surface area contributed by atoms with Crippen LogP contribution in [0, 0.1) is 5.92 Å². The van der Waals surface area contributed by atoms with Gasteiger partial charge >= 0.3 is 6.09 Å². The zero-order chi connectivity index (χ0) is 16.6. The number of nitrogens with one attached hydrogen (secondary N) is 1. The molecule has 1 atom stereocenters. The van der Waals surface area contributed by atoms with Crippen LogP contribution in [-0.2, 0) is 25.6 Å². The van der Waals surface area contributed by atoms with Gasteiger partial charge in [-0.15, -0.1) is 0 Å². The Morgan fingerprint density at radius 3 is 2.41 bits per heavy atom. The molecule has 0 aliphatic heterocycles. The lowest BCUT2D eigenvalue weighted by atomic mass is 10.0. The Labute approximate surface area is 131 Å². The summed E-state index contributed by atoms with van der Waals surface area (Å²) in [6, 6.07) is 8.89. The van der Waals surface area contributed by atoms with Crippen LogP contribution in [-0.4, -0.2) is 33.4 Å². The van der Waals surface area contributed by atoms with Crippen LogP contribution in [0.15, 0.2) is 30.3 Å². The third-order valence-corrected chi connectivity index (χ3v) is 3.34. The monoisotopic (exact) mass is 329 g/mol. The second kappa shape index (κ2) is 8.75. The summed E-state index contributed by atoms with van der Waals surface area (Å²) >= 11 is 0. The minimum Gasteiger partial charge on any atom is -0.445 e. The van der Waals surface area contributed by atoms with Crippen molar-refractivity contribution in [3.8, 4) is 0 Å². The van der Waals surface area contributed by atoms with Crippen LogP contribution in [0.2, 0.25) is 0 Å². The summed E-state index contributed by atoms with van der Waals surface area (Å²) < 4.78 is 32.0. The molecule has 0 unspecified atom stereocenters. The van der Waals surface area contributed by atoms with Crippen LogP contribution in [0.1, 0.15) is 25.8 Å². The van der Waals surface area contributed by atoms with Crippen molar-refractivity contribution in [3.05, 3.63) is 35.9 Å². The highest BCUT2D eigenvalue weighted by Crippen LogP contribution is 2.07. The Kier molecular flexibility index (Phi) is 7.34. The fraction of sp³-hybridized carbons (Fsp3) is 0.533. The van der Waals surface area contributed by atoms with Crippen LogP contribution < -0.4 is 5.32 Å². The molecule has 0 aliphatic rings.